The number of hydrogen-bond donors (Lipinski definition) is 4. The van der Waals surface area contributed by atoms with Crippen LogP contribution in [0.1, 0.15) is 42.1 Å². The van der Waals surface area contributed by atoms with Gasteiger partial charge in [0.15, 0.2) is 17.7 Å². The van der Waals surface area contributed by atoms with E-state index in [1.54, 1.807) is 68.4 Å². The van der Waals surface area contributed by atoms with Crippen LogP contribution in [0.2, 0.25) is 10.0 Å². The number of aliphatic hydroxyl groups is 1. The van der Waals surface area contributed by atoms with Gasteiger partial charge in [-0.1, -0.05) is 41.4 Å². The van der Waals surface area contributed by atoms with Crippen LogP contribution in [-0.4, -0.2) is 49.9 Å². The highest BCUT2D eigenvalue weighted by Crippen LogP contribution is 2.35. The van der Waals surface area contributed by atoms with Gasteiger partial charge in [-0.15, -0.1) is 0 Å². The maximum atomic E-state index is 12.5. The summed E-state index contributed by atoms with van der Waals surface area (Å²) in [5.41, 5.74) is 5.59. The second-order valence-electron chi connectivity index (χ2n) is 9.82. The minimum Gasteiger partial charge on any atom is -0.490 e. The molecule has 4 N–H and O–H groups in total. The molecule has 0 unspecified atom stereocenters. The number of methoxy groups -OCH3 is 1. The van der Waals surface area contributed by atoms with E-state index in [-0.39, 0.29) is 23.8 Å². The number of carbonyl (C=O) groups excluding carboxylic acids is 2. The highest BCUT2D eigenvalue weighted by molar-refractivity contribution is 6.36. The minimum absolute atomic E-state index is 0.183. The van der Waals surface area contributed by atoms with Crippen molar-refractivity contribution in [3.63, 3.8) is 0 Å². The summed E-state index contributed by atoms with van der Waals surface area (Å²) in [5.74, 6) is 0.394. The number of halogens is 2. The molecule has 0 spiro atoms. The number of aliphatic hydroxyl groups excluding tert-OH is 1. The van der Waals surface area contributed by atoms with Crippen LogP contribution in [0.25, 0.3) is 0 Å². The molecule has 0 aromatic heterocycles. The number of nitrogens with one attached hydrogen (secondary N) is 3. The molecule has 1 aliphatic heterocycles. The Labute approximate surface area is 275 Å². The zero-order chi connectivity index (χ0) is 33.2. The van der Waals surface area contributed by atoms with Gasteiger partial charge in [0.2, 0.25) is 0 Å². The monoisotopic (exact) mass is 667 g/mol. The summed E-state index contributed by atoms with van der Waals surface area (Å²) in [5, 5.41) is 29.5. The highest BCUT2D eigenvalue weighted by atomic mass is 35.5. The summed E-state index contributed by atoms with van der Waals surface area (Å²) >= 11 is 12.6. The summed E-state index contributed by atoms with van der Waals surface area (Å²) < 4.78 is 22.4. The van der Waals surface area contributed by atoms with E-state index in [0.29, 0.717) is 51.3 Å². The number of amides is 2. The van der Waals surface area contributed by atoms with Crippen molar-refractivity contribution in [1.82, 2.24) is 16.1 Å². The van der Waals surface area contributed by atoms with Gasteiger partial charge in [0.05, 0.1) is 48.2 Å². The maximum Gasteiger partial charge on any atom is 0.337 e. The lowest BCUT2D eigenvalue weighted by atomic mass is 9.95. The molecular weight excluding hydrogens is 637 g/mol. The molecule has 2 atom stereocenters. The molecule has 0 saturated heterocycles. The molecule has 3 aromatic rings. The Bertz CT molecular complexity index is 1690. The molecule has 1 heterocycles. The van der Waals surface area contributed by atoms with Crippen LogP contribution in [0.4, 0.5) is 4.79 Å². The number of esters is 1. The van der Waals surface area contributed by atoms with Gasteiger partial charge in [-0.2, -0.15) is 10.4 Å². The number of carbonyl (C=O) groups is 2. The molecule has 0 aliphatic carbocycles. The van der Waals surface area contributed by atoms with Crippen LogP contribution in [0.3, 0.4) is 0 Å². The van der Waals surface area contributed by atoms with Crippen molar-refractivity contribution >= 4 is 41.4 Å². The Kier molecular flexibility index (Phi) is 11.7. The third kappa shape index (κ3) is 8.60. The van der Waals surface area contributed by atoms with E-state index >= 15 is 0 Å². The summed E-state index contributed by atoms with van der Waals surface area (Å²) in [6.45, 7) is 3.68. The van der Waals surface area contributed by atoms with Crippen molar-refractivity contribution in [2.45, 2.75) is 32.7 Å². The Hall–Kier alpha value is -4.96. The lowest BCUT2D eigenvalue weighted by molar-refractivity contribution is -0.136. The third-order valence-electron chi connectivity index (χ3n) is 6.60. The summed E-state index contributed by atoms with van der Waals surface area (Å²) in [6, 6.07) is 15.8. The maximum absolute atomic E-state index is 12.5. The predicted octanol–water partition coefficient (Wildman–Crippen LogP) is 4.96. The Morgan fingerprint density at radius 1 is 1.13 bits per heavy atom. The van der Waals surface area contributed by atoms with Crippen molar-refractivity contribution < 1.29 is 33.6 Å². The molecule has 240 valence electrons. The van der Waals surface area contributed by atoms with E-state index in [1.165, 1.54) is 13.3 Å². The summed E-state index contributed by atoms with van der Waals surface area (Å²) in [7, 11) is 1.26. The number of hydrazone groups is 1. The normalized spacial score (nSPS) is 15.0. The number of benzene rings is 3. The average Bonchev–Trinajstić information content (AvgIpc) is 3.03. The number of allylic oxidation sites excluding steroid dienone is 1. The van der Waals surface area contributed by atoms with Crippen LogP contribution in [0.5, 0.6) is 17.2 Å². The number of nitriles is 1. The zero-order valence-electron chi connectivity index (χ0n) is 25.1. The molecule has 0 saturated carbocycles. The molecule has 12 nitrogen and oxygen atoms in total. The number of nitrogens with zero attached hydrogens (tertiary/aromatic N) is 2. The first-order chi connectivity index (χ1) is 22.1. The summed E-state index contributed by atoms with van der Waals surface area (Å²) in [6.07, 6.45) is 0.167. The number of urea groups is 1. The Morgan fingerprint density at radius 3 is 2.59 bits per heavy atom. The quantitative estimate of drug-likeness (QED) is 0.0853. The van der Waals surface area contributed by atoms with Gasteiger partial charge in [0.1, 0.15) is 19.0 Å². The molecule has 0 fully saturated rings. The fourth-order valence-electron chi connectivity index (χ4n) is 4.47. The standard InChI is InChI=1S/C32H31Cl2N5O7/c1-4-44-26-12-21(29-28(31(41)43-3)18(2)37-32(42)38-29)9-10-25(26)45-17-27(40)39-36-15-22-11-23(33)13-24(34)30(22)46-16-20-7-5-19(14-35)6-8-20/h5-13,15,27,29,39-40H,4,16-17H2,1-3H3,(H2,37,38,42)/b36-15+/t27-,29+/m1/s1. The molecular formula is C32H31Cl2N5O7. The Balaban J connectivity index is 1.42. The molecule has 3 aromatic carbocycles. The lowest BCUT2D eigenvalue weighted by Gasteiger charge is -2.28. The van der Waals surface area contributed by atoms with Crippen LogP contribution in [-0.2, 0) is 16.1 Å². The van der Waals surface area contributed by atoms with Crippen molar-refractivity contribution in [3.8, 4) is 23.3 Å². The van der Waals surface area contributed by atoms with Gasteiger partial charge in [-0.25, -0.2) is 9.59 Å². The van der Waals surface area contributed by atoms with E-state index < -0.39 is 24.3 Å². The first kappa shape index (κ1) is 33.9. The molecule has 1 aliphatic rings. The van der Waals surface area contributed by atoms with Crippen molar-refractivity contribution in [2.24, 2.45) is 5.10 Å². The van der Waals surface area contributed by atoms with Gasteiger partial charge >= 0.3 is 12.0 Å². The fourth-order valence-corrected chi connectivity index (χ4v) is 5.04. The molecule has 46 heavy (non-hydrogen) atoms. The first-order valence-electron chi connectivity index (χ1n) is 14.0. The molecule has 4 rings (SSSR count). The Morgan fingerprint density at radius 2 is 1.89 bits per heavy atom. The van der Waals surface area contributed by atoms with Gasteiger partial charge < -0.3 is 34.7 Å². The molecule has 14 heteroatoms. The second-order valence-corrected chi connectivity index (χ2v) is 10.7. The fraction of sp³-hybridized carbons (Fsp3) is 0.250. The van der Waals surface area contributed by atoms with Gasteiger partial charge in [-0.3, -0.25) is 5.43 Å². The second kappa shape index (κ2) is 15.9. The van der Waals surface area contributed by atoms with Crippen molar-refractivity contribution in [3.05, 3.63) is 98.2 Å². The van der Waals surface area contributed by atoms with Crippen LogP contribution in [0, 0.1) is 11.3 Å². The van der Waals surface area contributed by atoms with Gasteiger partial charge in [0.25, 0.3) is 0 Å². The minimum atomic E-state index is -1.23. The number of ether oxygens (including phenoxy) is 4. The SMILES string of the molecule is CCOc1cc([C@@H]2NC(=O)NC(C)=C2C(=O)OC)ccc1OC[C@@H](O)N/N=C/c1cc(Cl)cc(Cl)c1OCc1ccc(C#N)cc1. The largest absolute Gasteiger partial charge is 0.490 e. The lowest BCUT2D eigenvalue weighted by Crippen LogP contribution is -2.45. The molecule has 0 radical (unpaired) electrons. The molecule has 2 amide bonds. The van der Waals surface area contributed by atoms with Crippen molar-refractivity contribution in [2.75, 3.05) is 20.3 Å². The van der Waals surface area contributed by atoms with Crippen LogP contribution >= 0.6 is 23.2 Å². The molecule has 0 bridgehead atoms. The van der Waals surface area contributed by atoms with E-state index in [0.717, 1.165) is 5.56 Å². The highest BCUT2D eigenvalue weighted by Gasteiger charge is 2.32. The predicted molar refractivity (Wildman–Crippen MR) is 171 cm³/mol. The van der Waals surface area contributed by atoms with E-state index in [9.17, 15) is 14.7 Å². The van der Waals surface area contributed by atoms with Crippen LogP contribution < -0.4 is 30.3 Å². The average molecular weight is 669 g/mol. The number of rotatable bonds is 13. The van der Waals surface area contributed by atoms with E-state index in [4.69, 9.17) is 47.4 Å². The smallest absolute Gasteiger partial charge is 0.337 e. The number of hydrogen-bond acceptors (Lipinski definition) is 10. The zero-order valence-corrected chi connectivity index (χ0v) is 26.6. The van der Waals surface area contributed by atoms with E-state index in [1.807, 2.05) is 0 Å². The van der Waals surface area contributed by atoms with Crippen LogP contribution in [0.15, 0.2) is 71.0 Å². The van der Waals surface area contributed by atoms with E-state index in [2.05, 4.69) is 27.2 Å². The van der Waals surface area contributed by atoms with Crippen molar-refractivity contribution in [1.29, 1.82) is 5.26 Å². The first-order valence-corrected chi connectivity index (χ1v) is 14.7. The summed E-state index contributed by atoms with van der Waals surface area (Å²) in [4.78, 5) is 24.6. The third-order valence-corrected chi connectivity index (χ3v) is 7.10. The van der Waals surface area contributed by atoms with Gasteiger partial charge in [0, 0.05) is 16.3 Å². The topological polar surface area (TPSA) is 164 Å². The van der Waals surface area contributed by atoms with Gasteiger partial charge in [-0.05, 0) is 61.4 Å².